The van der Waals surface area contributed by atoms with Crippen LogP contribution in [0, 0.1) is 0 Å². The molecule has 2 aromatic carbocycles. The number of aryl methyl sites for hydroxylation is 1. The van der Waals surface area contributed by atoms with E-state index in [9.17, 15) is 4.79 Å². The molecule has 3 nitrogen and oxygen atoms in total. The van der Waals surface area contributed by atoms with E-state index >= 15 is 0 Å². The molecule has 1 fully saturated rings. The van der Waals surface area contributed by atoms with Crippen molar-refractivity contribution in [1.82, 2.24) is 10.2 Å². The number of carbonyl (C=O) groups is 1. The molecule has 2 aliphatic rings. The van der Waals surface area contributed by atoms with Gasteiger partial charge in [-0.15, -0.1) is 0 Å². The zero-order valence-electron chi connectivity index (χ0n) is 20.9. The molecule has 1 N–H and O–H groups in total. The Hall–Kier alpha value is -2.13. The van der Waals surface area contributed by atoms with Crippen molar-refractivity contribution in [3.8, 4) is 0 Å². The maximum atomic E-state index is 12.8. The third-order valence-corrected chi connectivity index (χ3v) is 6.68. The second-order valence-electron chi connectivity index (χ2n) is 8.39. The molecule has 4 rings (SSSR count). The van der Waals surface area contributed by atoms with Crippen LogP contribution in [0.3, 0.4) is 0 Å². The number of hydrogen-bond donors (Lipinski definition) is 1. The van der Waals surface area contributed by atoms with Crippen LogP contribution in [0.15, 0.2) is 54.6 Å². The predicted molar refractivity (Wildman–Crippen MR) is 137 cm³/mol. The molecule has 2 aromatic rings. The zero-order chi connectivity index (χ0) is 23.3. The van der Waals surface area contributed by atoms with Gasteiger partial charge in [-0.25, -0.2) is 0 Å². The number of fused-ring (bicyclic) bond motifs is 1. The van der Waals surface area contributed by atoms with Crippen LogP contribution in [0.25, 0.3) is 0 Å². The number of nitrogens with one attached hydrogen (secondary N) is 1. The van der Waals surface area contributed by atoms with Crippen molar-refractivity contribution in [2.45, 2.75) is 84.6 Å². The van der Waals surface area contributed by atoms with Gasteiger partial charge in [0.15, 0.2) is 0 Å². The number of nitrogens with zero attached hydrogens (tertiary/aromatic N) is 1. The largest absolute Gasteiger partial charge is 0.352 e. The standard InChI is InChI=1S/C25H32N2O.2C2H6/c1-2-22-23-11-7-6-10-21(23)12-13-24(22)26-25(28)18-27-16-14-20(15-17-27)19-8-4-3-5-9-19;2*1-2/h3-11,20,22,24H,2,12-18H2,1H3,(H,26,28);2*1-2H3. The van der Waals surface area contributed by atoms with Gasteiger partial charge < -0.3 is 5.32 Å². The SMILES string of the molecule is CC.CC.CCC1c2ccccc2CCC1NC(=O)CN1CCC(c2ccccc2)CC1. The maximum Gasteiger partial charge on any atom is 0.234 e. The summed E-state index contributed by atoms with van der Waals surface area (Å²) >= 11 is 0. The molecule has 2 unspecified atom stereocenters. The Labute approximate surface area is 196 Å². The molecular weight excluding hydrogens is 392 g/mol. The van der Waals surface area contributed by atoms with Crippen molar-refractivity contribution in [3.63, 3.8) is 0 Å². The van der Waals surface area contributed by atoms with Gasteiger partial charge in [0.25, 0.3) is 0 Å². The van der Waals surface area contributed by atoms with E-state index in [2.05, 4.69) is 71.7 Å². The summed E-state index contributed by atoms with van der Waals surface area (Å²) in [4.78, 5) is 15.1. The van der Waals surface area contributed by atoms with Gasteiger partial charge in [0.05, 0.1) is 6.54 Å². The fourth-order valence-corrected chi connectivity index (χ4v) is 5.13. The van der Waals surface area contributed by atoms with E-state index in [1.54, 1.807) is 0 Å². The average Bonchev–Trinajstić information content (AvgIpc) is 2.87. The Bertz CT molecular complexity index is 781. The third kappa shape index (κ3) is 6.93. The monoisotopic (exact) mass is 436 g/mol. The van der Waals surface area contributed by atoms with E-state index in [0.29, 0.717) is 18.4 Å². The molecule has 32 heavy (non-hydrogen) atoms. The van der Waals surface area contributed by atoms with Crippen molar-refractivity contribution in [2.75, 3.05) is 19.6 Å². The Balaban J connectivity index is 0.000000860. The highest BCUT2D eigenvalue weighted by molar-refractivity contribution is 5.78. The van der Waals surface area contributed by atoms with Gasteiger partial charge in [-0.1, -0.05) is 89.2 Å². The summed E-state index contributed by atoms with van der Waals surface area (Å²) in [6.07, 6.45) is 5.49. The van der Waals surface area contributed by atoms with Crippen molar-refractivity contribution < 1.29 is 4.79 Å². The summed E-state index contributed by atoms with van der Waals surface area (Å²) in [5, 5.41) is 3.37. The van der Waals surface area contributed by atoms with Gasteiger partial charge in [-0.05, 0) is 67.8 Å². The molecule has 1 aliphatic carbocycles. The van der Waals surface area contributed by atoms with Crippen LogP contribution in [0.2, 0.25) is 0 Å². The first-order valence-electron chi connectivity index (χ1n) is 12.9. The van der Waals surface area contributed by atoms with Crippen molar-refractivity contribution in [3.05, 3.63) is 71.3 Å². The minimum atomic E-state index is 0.195. The maximum absolute atomic E-state index is 12.8. The van der Waals surface area contributed by atoms with E-state index in [1.165, 1.54) is 16.7 Å². The van der Waals surface area contributed by atoms with Crippen LogP contribution >= 0.6 is 0 Å². The highest BCUT2D eigenvalue weighted by Gasteiger charge is 2.30. The van der Waals surface area contributed by atoms with Crippen LogP contribution in [0.5, 0.6) is 0 Å². The van der Waals surface area contributed by atoms with Crippen molar-refractivity contribution >= 4 is 5.91 Å². The topological polar surface area (TPSA) is 32.3 Å². The zero-order valence-corrected chi connectivity index (χ0v) is 20.9. The number of piperidine rings is 1. The van der Waals surface area contributed by atoms with E-state index in [1.807, 2.05) is 27.7 Å². The minimum Gasteiger partial charge on any atom is -0.352 e. The Kier molecular flexibility index (Phi) is 11.5. The molecule has 0 bridgehead atoms. The summed E-state index contributed by atoms with van der Waals surface area (Å²) < 4.78 is 0. The first-order valence-corrected chi connectivity index (χ1v) is 12.9. The van der Waals surface area contributed by atoms with E-state index in [4.69, 9.17) is 0 Å². The highest BCUT2D eigenvalue weighted by atomic mass is 16.2. The molecule has 1 saturated heterocycles. The third-order valence-electron chi connectivity index (χ3n) is 6.68. The van der Waals surface area contributed by atoms with Gasteiger partial charge >= 0.3 is 0 Å². The number of carbonyl (C=O) groups excluding carboxylic acids is 1. The van der Waals surface area contributed by atoms with Gasteiger partial charge in [-0.3, -0.25) is 9.69 Å². The van der Waals surface area contributed by atoms with Crippen LogP contribution < -0.4 is 5.32 Å². The fourth-order valence-electron chi connectivity index (χ4n) is 5.13. The van der Waals surface area contributed by atoms with E-state index in [0.717, 1.165) is 45.2 Å². The Morgan fingerprint density at radius 2 is 1.53 bits per heavy atom. The molecule has 0 aromatic heterocycles. The lowest BCUT2D eigenvalue weighted by molar-refractivity contribution is -0.123. The molecule has 1 heterocycles. The minimum absolute atomic E-state index is 0.195. The predicted octanol–water partition coefficient (Wildman–Crippen LogP) is 6.54. The van der Waals surface area contributed by atoms with Crippen LogP contribution in [-0.4, -0.2) is 36.5 Å². The summed E-state index contributed by atoms with van der Waals surface area (Å²) in [5.41, 5.74) is 4.34. The second-order valence-corrected chi connectivity index (χ2v) is 8.39. The molecule has 176 valence electrons. The number of rotatable bonds is 5. The lowest BCUT2D eigenvalue weighted by Gasteiger charge is -2.35. The van der Waals surface area contributed by atoms with Crippen LogP contribution in [0.1, 0.15) is 88.8 Å². The van der Waals surface area contributed by atoms with E-state index < -0.39 is 0 Å². The smallest absolute Gasteiger partial charge is 0.234 e. The molecule has 1 amide bonds. The summed E-state index contributed by atoms with van der Waals surface area (Å²) in [5.74, 6) is 1.28. The molecule has 3 heteroatoms. The molecule has 0 radical (unpaired) electrons. The summed E-state index contributed by atoms with van der Waals surface area (Å²) in [6, 6.07) is 19.8. The van der Waals surface area contributed by atoms with Gasteiger partial charge in [0, 0.05) is 12.0 Å². The molecular formula is C29H44N2O. The van der Waals surface area contributed by atoms with E-state index in [-0.39, 0.29) is 11.9 Å². The molecule has 0 spiro atoms. The van der Waals surface area contributed by atoms with Crippen molar-refractivity contribution in [2.24, 2.45) is 0 Å². The lowest BCUT2D eigenvalue weighted by Crippen LogP contribution is -2.47. The van der Waals surface area contributed by atoms with Crippen LogP contribution in [0.4, 0.5) is 0 Å². The van der Waals surface area contributed by atoms with Crippen LogP contribution in [-0.2, 0) is 11.2 Å². The number of amides is 1. The molecule has 0 saturated carbocycles. The fraction of sp³-hybridized carbons (Fsp3) is 0.552. The number of benzene rings is 2. The van der Waals surface area contributed by atoms with Gasteiger partial charge in [0.1, 0.15) is 0 Å². The average molecular weight is 437 g/mol. The quantitative estimate of drug-likeness (QED) is 0.577. The Morgan fingerprint density at radius 3 is 2.19 bits per heavy atom. The van der Waals surface area contributed by atoms with Gasteiger partial charge in [-0.2, -0.15) is 0 Å². The first kappa shape index (κ1) is 26.1. The molecule has 2 atom stereocenters. The molecule has 1 aliphatic heterocycles. The summed E-state index contributed by atoms with van der Waals surface area (Å²) in [7, 11) is 0. The lowest BCUT2D eigenvalue weighted by atomic mass is 9.78. The summed E-state index contributed by atoms with van der Waals surface area (Å²) in [6.45, 7) is 12.8. The normalized spacial score (nSPS) is 20.7. The number of hydrogen-bond acceptors (Lipinski definition) is 2. The highest BCUT2D eigenvalue weighted by Crippen LogP contribution is 2.34. The van der Waals surface area contributed by atoms with Gasteiger partial charge in [0.2, 0.25) is 5.91 Å². The Morgan fingerprint density at radius 1 is 0.906 bits per heavy atom. The second kappa shape index (κ2) is 14.1. The number of likely N-dealkylation sites (tertiary alicyclic amines) is 1. The first-order chi connectivity index (χ1) is 15.7. The van der Waals surface area contributed by atoms with Crippen molar-refractivity contribution in [1.29, 1.82) is 0 Å².